The highest BCUT2D eigenvalue weighted by molar-refractivity contribution is 8.00. The van der Waals surface area contributed by atoms with Crippen molar-refractivity contribution in [2.45, 2.75) is 17.7 Å². The van der Waals surface area contributed by atoms with Crippen molar-refractivity contribution in [3.63, 3.8) is 0 Å². The van der Waals surface area contributed by atoms with E-state index >= 15 is 0 Å². The van der Waals surface area contributed by atoms with Crippen molar-refractivity contribution in [3.05, 3.63) is 76.3 Å². The van der Waals surface area contributed by atoms with E-state index in [1.54, 1.807) is 55.6 Å². The van der Waals surface area contributed by atoms with E-state index in [9.17, 15) is 19.5 Å². The normalized spacial score (nSPS) is 18.3. The predicted molar refractivity (Wildman–Crippen MR) is 132 cm³/mol. The number of rotatable bonds is 9. The smallest absolute Gasteiger partial charge is 0.328 e. The Morgan fingerprint density at radius 3 is 2.65 bits per heavy atom. The number of hydrogen-bond donors (Lipinski definition) is 1. The SMILES string of the molecule is COC(=O)[C@@H](c1ccccc1Cl)N1CC[C@H](SCC(=O)c2cccc(OC)c2)/C(=C\C(=O)O)C1. The maximum Gasteiger partial charge on any atom is 0.328 e. The zero-order valence-corrected chi connectivity index (χ0v) is 20.5. The number of halogens is 1. The summed E-state index contributed by atoms with van der Waals surface area (Å²) >= 11 is 7.76. The minimum absolute atomic E-state index is 0.0653. The molecule has 2 aromatic carbocycles. The molecule has 1 heterocycles. The van der Waals surface area contributed by atoms with Crippen LogP contribution in [0.3, 0.4) is 0 Å². The van der Waals surface area contributed by atoms with Gasteiger partial charge in [0.05, 0.1) is 20.0 Å². The minimum atomic E-state index is -1.08. The average molecular weight is 504 g/mol. The van der Waals surface area contributed by atoms with Crippen molar-refractivity contribution in [2.75, 3.05) is 33.1 Å². The number of carbonyl (C=O) groups is 3. The molecule has 34 heavy (non-hydrogen) atoms. The predicted octanol–water partition coefficient (Wildman–Crippen LogP) is 4.26. The van der Waals surface area contributed by atoms with E-state index in [4.69, 9.17) is 21.1 Å². The first-order valence-electron chi connectivity index (χ1n) is 10.6. The number of esters is 1. The topological polar surface area (TPSA) is 93.1 Å². The summed E-state index contributed by atoms with van der Waals surface area (Å²) in [6.45, 7) is 0.745. The molecule has 1 fully saturated rings. The van der Waals surface area contributed by atoms with Gasteiger partial charge in [-0.3, -0.25) is 9.69 Å². The maximum atomic E-state index is 12.7. The van der Waals surface area contributed by atoms with E-state index in [-0.39, 0.29) is 23.3 Å². The Balaban J connectivity index is 1.77. The molecular formula is C25H26ClNO6S. The fourth-order valence-electron chi connectivity index (χ4n) is 3.93. The number of methoxy groups -OCH3 is 2. The molecule has 2 aromatic rings. The molecule has 180 valence electrons. The number of carbonyl (C=O) groups excluding carboxylic acids is 2. The molecule has 0 amide bonds. The van der Waals surface area contributed by atoms with Gasteiger partial charge in [-0.2, -0.15) is 0 Å². The third-order valence-electron chi connectivity index (χ3n) is 5.58. The first kappa shape index (κ1) is 25.8. The lowest BCUT2D eigenvalue weighted by atomic mass is 9.98. The lowest BCUT2D eigenvalue weighted by Crippen LogP contribution is -2.43. The molecule has 0 spiro atoms. The first-order chi connectivity index (χ1) is 16.3. The summed E-state index contributed by atoms with van der Waals surface area (Å²) in [5, 5.41) is 9.70. The molecule has 0 aromatic heterocycles. The van der Waals surface area contributed by atoms with E-state index in [1.165, 1.54) is 24.9 Å². The van der Waals surface area contributed by atoms with E-state index in [1.807, 2.05) is 4.90 Å². The average Bonchev–Trinajstić information content (AvgIpc) is 2.84. The fourth-order valence-corrected chi connectivity index (χ4v) is 5.32. The second-order valence-electron chi connectivity index (χ2n) is 7.72. The minimum Gasteiger partial charge on any atom is -0.497 e. The second-order valence-corrected chi connectivity index (χ2v) is 9.32. The number of likely N-dealkylation sites (tertiary alicyclic amines) is 1. The molecule has 1 aliphatic heterocycles. The number of thioether (sulfide) groups is 1. The molecule has 1 saturated heterocycles. The van der Waals surface area contributed by atoms with Gasteiger partial charge in [-0.05, 0) is 35.8 Å². The number of hydrogen-bond acceptors (Lipinski definition) is 7. The van der Waals surface area contributed by atoms with Gasteiger partial charge < -0.3 is 14.6 Å². The largest absolute Gasteiger partial charge is 0.497 e. The molecule has 0 radical (unpaired) electrons. The zero-order valence-electron chi connectivity index (χ0n) is 18.9. The van der Waals surface area contributed by atoms with Gasteiger partial charge >= 0.3 is 11.9 Å². The van der Waals surface area contributed by atoms with Gasteiger partial charge in [0.2, 0.25) is 0 Å². The van der Waals surface area contributed by atoms with Crippen LogP contribution in [0.4, 0.5) is 0 Å². The third kappa shape index (κ3) is 6.40. The fraction of sp³-hybridized carbons (Fsp3) is 0.320. The highest BCUT2D eigenvalue weighted by atomic mass is 35.5. The van der Waals surface area contributed by atoms with Crippen molar-refractivity contribution in [1.82, 2.24) is 4.90 Å². The van der Waals surface area contributed by atoms with Crippen molar-refractivity contribution in [2.24, 2.45) is 0 Å². The van der Waals surface area contributed by atoms with Gasteiger partial charge in [0.15, 0.2) is 5.78 Å². The van der Waals surface area contributed by atoms with Crippen LogP contribution < -0.4 is 4.74 Å². The molecule has 0 aliphatic carbocycles. The highest BCUT2D eigenvalue weighted by Crippen LogP contribution is 2.35. The molecule has 2 atom stereocenters. The number of aliphatic carboxylic acids is 1. The van der Waals surface area contributed by atoms with Crippen molar-refractivity contribution in [1.29, 1.82) is 0 Å². The van der Waals surface area contributed by atoms with Crippen LogP contribution in [0, 0.1) is 0 Å². The summed E-state index contributed by atoms with van der Waals surface area (Å²) in [4.78, 5) is 38.8. The van der Waals surface area contributed by atoms with Crippen molar-refractivity contribution in [3.8, 4) is 5.75 Å². The lowest BCUT2D eigenvalue weighted by molar-refractivity contribution is -0.147. The zero-order chi connectivity index (χ0) is 24.7. The number of nitrogens with zero attached hydrogens (tertiary/aromatic N) is 1. The second kappa shape index (κ2) is 12.1. The number of carboxylic acids is 1. The first-order valence-corrected chi connectivity index (χ1v) is 12.0. The quantitative estimate of drug-likeness (QED) is 0.308. The van der Waals surface area contributed by atoms with Gasteiger partial charge in [0, 0.05) is 35.0 Å². The number of ether oxygens (including phenoxy) is 2. The van der Waals surface area contributed by atoms with Crippen LogP contribution >= 0.6 is 23.4 Å². The molecule has 0 unspecified atom stereocenters. The van der Waals surface area contributed by atoms with E-state index in [0.717, 1.165) is 0 Å². The number of carboxylic acid groups (broad SMARTS) is 1. The van der Waals surface area contributed by atoms with Gasteiger partial charge in [0.1, 0.15) is 11.8 Å². The molecule has 1 N–H and O–H groups in total. The number of piperidine rings is 1. The third-order valence-corrected chi connectivity index (χ3v) is 7.30. The lowest BCUT2D eigenvalue weighted by Gasteiger charge is -2.38. The van der Waals surface area contributed by atoms with Crippen LogP contribution in [-0.4, -0.2) is 66.0 Å². The Bertz CT molecular complexity index is 1090. The summed E-state index contributed by atoms with van der Waals surface area (Å²) in [6.07, 6.45) is 1.73. The molecule has 9 heteroatoms. The van der Waals surface area contributed by atoms with Crippen LogP contribution in [0.15, 0.2) is 60.2 Å². The Morgan fingerprint density at radius 1 is 1.21 bits per heavy atom. The summed E-state index contributed by atoms with van der Waals surface area (Å²) in [7, 11) is 2.85. The Kier molecular flexibility index (Phi) is 9.15. The van der Waals surface area contributed by atoms with Crippen LogP contribution in [0.2, 0.25) is 5.02 Å². The molecule has 1 aliphatic rings. The Labute approximate surface area is 207 Å². The number of ketones is 1. The van der Waals surface area contributed by atoms with E-state index in [2.05, 4.69) is 0 Å². The monoisotopic (exact) mass is 503 g/mol. The molecule has 0 bridgehead atoms. The number of Topliss-reactive ketones (excluding diaryl/α,β-unsaturated/α-hetero) is 1. The number of benzene rings is 2. The Hall–Kier alpha value is -2.81. The molecule has 7 nitrogen and oxygen atoms in total. The van der Waals surface area contributed by atoms with Gasteiger partial charge in [-0.15, -0.1) is 11.8 Å². The maximum absolute atomic E-state index is 12.7. The van der Waals surface area contributed by atoms with Crippen LogP contribution in [-0.2, 0) is 14.3 Å². The van der Waals surface area contributed by atoms with Crippen LogP contribution in [0.25, 0.3) is 0 Å². The van der Waals surface area contributed by atoms with Crippen molar-refractivity contribution < 1.29 is 29.0 Å². The van der Waals surface area contributed by atoms with Crippen LogP contribution in [0.5, 0.6) is 5.75 Å². The Morgan fingerprint density at radius 2 is 1.97 bits per heavy atom. The molecule has 3 rings (SSSR count). The standard InChI is InChI=1S/C25H26ClNO6S/c1-32-18-7-5-6-16(12-18)21(28)15-34-22-10-11-27(14-17(22)13-23(29)30)24(25(31)33-2)19-8-3-4-9-20(19)26/h3-9,12-13,22,24H,10-11,14-15H2,1-2H3,(H,29,30)/b17-13-/t22-,24+/m0/s1. The molecular weight excluding hydrogens is 478 g/mol. The van der Waals surface area contributed by atoms with E-state index in [0.29, 0.717) is 40.4 Å². The van der Waals surface area contributed by atoms with Gasteiger partial charge in [-0.25, -0.2) is 9.59 Å². The summed E-state index contributed by atoms with van der Waals surface area (Å²) < 4.78 is 10.2. The summed E-state index contributed by atoms with van der Waals surface area (Å²) in [5.41, 5.74) is 1.77. The summed E-state index contributed by atoms with van der Waals surface area (Å²) in [5.74, 6) is -0.815. The van der Waals surface area contributed by atoms with Crippen LogP contribution in [0.1, 0.15) is 28.4 Å². The summed E-state index contributed by atoms with van der Waals surface area (Å²) in [6, 6.07) is 13.2. The van der Waals surface area contributed by atoms with Gasteiger partial charge in [-0.1, -0.05) is 41.9 Å². The van der Waals surface area contributed by atoms with Crippen molar-refractivity contribution >= 4 is 41.1 Å². The van der Waals surface area contributed by atoms with E-state index < -0.39 is 18.0 Å². The highest BCUT2D eigenvalue weighted by Gasteiger charge is 2.35. The molecule has 0 saturated carbocycles. The van der Waals surface area contributed by atoms with Gasteiger partial charge in [0.25, 0.3) is 0 Å².